The number of methoxy groups -OCH3 is 1. The molecule has 31 heavy (non-hydrogen) atoms. The van der Waals surface area contributed by atoms with Crippen LogP contribution in [0.15, 0.2) is 36.4 Å². The summed E-state index contributed by atoms with van der Waals surface area (Å²) in [5, 5.41) is 10.6. The van der Waals surface area contributed by atoms with Gasteiger partial charge in [0.1, 0.15) is 17.4 Å². The summed E-state index contributed by atoms with van der Waals surface area (Å²) >= 11 is 0. The molecular formula is C21H20F8O2. The Hall–Kier alpha value is -2.36. The molecule has 0 amide bonds. The minimum Gasteiger partial charge on any atom is -0.496 e. The molecule has 0 fully saturated rings. The Morgan fingerprint density at radius 3 is 2.00 bits per heavy atom. The molecule has 2 aromatic carbocycles. The molecule has 0 heterocycles. The van der Waals surface area contributed by atoms with Crippen molar-refractivity contribution in [3.05, 3.63) is 64.7 Å². The fourth-order valence-corrected chi connectivity index (χ4v) is 3.55. The van der Waals surface area contributed by atoms with Gasteiger partial charge < -0.3 is 9.84 Å². The van der Waals surface area contributed by atoms with E-state index in [0.717, 1.165) is 12.1 Å². The zero-order valence-electron chi connectivity index (χ0n) is 16.8. The van der Waals surface area contributed by atoms with Crippen molar-refractivity contribution in [3.8, 4) is 5.75 Å². The Bertz CT molecular complexity index is 934. The molecule has 0 spiro atoms. The normalized spacial score (nSPS) is 15.0. The zero-order chi connectivity index (χ0) is 23.8. The monoisotopic (exact) mass is 456 g/mol. The first-order valence-electron chi connectivity index (χ1n) is 8.98. The van der Waals surface area contributed by atoms with Crippen LogP contribution in [-0.2, 0) is 18.0 Å². The highest BCUT2D eigenvalue weighted by Crippen LogP contribution is 2.45. The molecule has 10 heteroatoms. The lowest BCUT2D eigenvalue weighted by molar-refractivity contribution is -0.266. The maximum Gasteiger partial charge on any atom is 0.417 e. The number of alkyl halides is 6. The van der Waals surface area contributed by atoms with Crippen LogP contribution in [0.5, 0.6) is 5.75 Å². The van der Waals surface area contributed by atoms with Crippen LogP contribution in [0.3, 0.4) is 0 Å². The molecule has 172 valence electrons. The van der Waals surface area contributed by atoms with Crippen molar-refractivity contribution in [2.45, 2.75) is 50.1 Å². The molecular weight excluding hydrogens is 436 g/mol. The van der Waals surface area contributed by atoms with Gasteiger partial charge in [0.15, 0.2) is 5.60 Å². The van der Waals surface area contributed by atoms with Gasteiger partial charge in [-0.2, -0.15) is 26.3 Å². The van der Waals surface area contributed by atoms with Crippen molar-refractivity contribution in [3.63, 3.8) is 0 Å². The lowest BCUT2D eigenvalue weighted by Gasteiger charge is -2.38. The maximum absolute atomic E-state index is 13.9. The summed E-state index contributed by atoms with van der Waals surface area (Å²) in [6, 6.07) is 4.22. The molecule has 0 aromatic heterocycles. The van der Waals surface area contributed by atoms with Crippen LogP contribution in [0.4, 0.5) is 35.1 Å². The molecule has 2 rings (SSSR count). The number of aliphatic hydroxyl groups is 1. The van der Waals surface area contributed by atoms with E-state index in [9.17, 15) is 40.2 Å². The highest BCUT2D eigenvalue weighted by Gasteiger charge is 2.56. The number of benzene rings is 2. The smallest absolute Gasteiger partial charge is 0.417 e. The number of hydrogen-bond donors (Lipinski definition) is 1. The summed E-state index contributed by atoms with van der Waals surface area (Å²) in [5.41, 5.74) is -7.21. The summed E-state index contributed by atoms with van der Waals surface area (Å²) in [5.74, 6) is -2.07. The van der Waals surface area contributed by atoms with E-state index in [2.05, 4.69) is 0 Å². The highest BCUT2D eigenvalue weighted by molar-refractivity contribution is 5.40. The number of rotatable bonds is 6. The second-order valence-electron chi connectivity index (χ2n) is 7.96. The van der Waals surface area contributed by atoms with Gasteiger partial charge in [-0.15, -0.1) is 0 Å². The van der Waals surface area contributed by atoms with Crippen molar-refractivity contribution < 1.29 is 45.0 Å². The van der Waals surface area contributed by atoms with Gasteiger partial charge in [0, 0.05) is 12.0 Å². The van der Waals surface area contributed by atoms with Crippen LogP contribution in [0.25, 0.3) is 0 Å². The van der Waals surface area contributed by atoms with Crippen LogP contribution < -0.4 is 4.74 Å². The van der Waals surface area contributed by atoms with Gasteiger partial charge in [-0.05, 0) is 53.8 Å². The van der Waals surface area contributed by atoms with Crippen LogP contribution in [0.2, 0.25) is 0 Å². The molecule has 0 saturated carbocycles. The number of ether oxygens (including phenoxy) is 1. The molecule has 0 bridgehead atoms. The van der Waals surface area contributed by atoms with Crippen LogP contribution in [0, 0.1) is 11.6 Å². The van der Waals surface area contributed by atoms with Crippen LogP contribution in [-0.4, -0.2) is 24.0 Å². The quantitative estimate of drug-likeness (QED) is 0.525. The second kappa shape index (κ2) is 8.29. The van der Waals surface area contributed by atoms with Gasteiger partial charge in [0.25, 0.3) is 0 Å². The van der Waals surface area contributed by atoms with Crippen molar-refractivity contribution >= 4 is 0 Å². The van der Waals surface area contributed by atoms with E-state index >= 15 is 0 Å². The Balaban J connectivity index is 2.51. The van der Waals surface area contributed by atoms with Gasteiger partial charge >= 0.3 is 12.4 Å². The minimum absolute atomic E-state index is 0.0212. The molecule has 2 nitrogen and oxygen atoms in total. The van der Waals surface area contributed by atoms with Gasteiger partial charge in [0.05, 0.1) is 12.7 Å². The van der Waals surface area contributed by atoms with E-state index in [1.807, 2.05) is 0 Å². The molecule has 0 aliphatic heterocycles. The first kappa shape index (κ1) is 24.9. The topological polar surface area (TPSA) is 29.5 Å². The van der Waals surface area contributed by atoms with Gasteiger partial charge in [-0.3, -0.25) is 0 Å². The third-order valence-corrected chi connectivity index (χ3v) is 4.93. The van der Waals surface area contributed by atoms with E-state index in [1.165, 1.54) is 27.0 Å². The first-order valence-corrected chi connectivity index (χ1v) is 8.98. The number of hydrogen-bond acceptors (Lipinski definition) is 2. The molecule has 0 aliphatic carbocycles. The Morgan fingerprint density at radius 1 is 0.871 bits per heavy atom. The van der Waals surface area contributed by atoms with Gasteiger partial charge in [-0.1, -0.05) is 13.8 Å². The molecule has 2 aromatic rings. The van der Waals surface area contributed by atoms with Crippen molar-refractivity contribution in [2.24, 2.45) is 0 Å². The number of halogens is 8. The fourth-order valence-electron chi connectivity index (χ4n) is 3.55. The zero-order valence-corrected chi connectivity index (χ0v) is 16.8. The van der Waals surface area contributed by atoms with E-state index in [4.69, 9.17) is 4.74 Å². The lowest BCUT2D eigenvalue weighted by atomic mass is 9.72. The SMILES string of the molecule is COc1ccc(F)cc1C(C)(C)CC(O)(Cc1cc(F)cc(C(F)(F)F)c1)C(F)(F)F. The minimum atomic E-state index is -5.28. The average Bonchev–Trinajstić information content (AvgIpc) is 2.59. The Labute approximate surface area is 173 Å². The molecule has 0 saturated heterocycles. The van der Waals surface area contributed by atoms with Crippen molar-refractivity contribution in [2.75, 3.05) is 7.11 Å². The largest absolute Gasteiger partial charge is 0.496 e. The molecule has 0 radical (unpaired) electrons. The van der Waals surface area contributed by atoms with Crippen LogP contribution >= 0.6 is 0 Å². The van der Waals surface area contributed by atoms with Gasteiger partial charge in [0.2, 0.25) is 0 Å². The molecule has 1 unspecified atom stereocenters. The third kappa shape index (κ3) is 5.66. The highest BCUT2D eigenvalue weighted by atomic mass is 19.4. The van der Waals surface area contributed by atoms with Crippen molar-refractivity contribution in [1.29, 1.82) is 0 Å². The fraction of sp³-hybridized carbons (Fsp3) is 0.429. The molecule has 1 N–H and O–H groups in total. The second-order valence-corrected chi connectivity index (χ2v) is 7.96. The summed E-state index contributed by atoms with van der Waals surface area (Å²) in [4.78, 5) is 0. The van der Waals surface area contributed by atoms with E-state index in [-0.39, 0.29) is 17.4 Å². The summed E-state index contributed by atoms with van der Waals surface area (Å²) in [6.45, 7) is 2.60. The summed E-state index contributed by atoms with van der Waals surface area (Å²) in [6.07, 6.45) is -12.7. The van der Waals surface area contributed by atoms with E-state index in [0.29, 0.717) is 12.1 Å². The third-order valence-electron chi connectivity index (χ3n) is 4.93. The summed E-state index contributed by atoms with van der Waals surface area (Å²) in [7, 11) is 1.23. The average molecular weight is 456 g/mol. The van der Waals surface area contributed by atoms with Gasteiger partial charge in [-0.25, -0.2) is 8.78 Å². The predicted molar refractivity (Wildman–Crippen MR) is 96.7 cm³/mol. The standard InChI is InChI=1S/C21H20F8O2/c1-18(2,16-9-14(22)4-5-17(16)31-3)11-19(30,21(27,28)29)10-12-6-13(20(24,25)26)8-15(23)7-12/h4-9,30H,10-11H2,1-3H3. The molecule has 0 aliphatic rings. The first-order chi connectivity index (χ1) is 14.0. The maximum atomic E-state index is 13.9. The Kier molecular flexibility index (Phi) is 6.66. The molecule has 1 atom stereocenters. The van der Waals surface area contributed by atoms with Crippen LogP contribution in [0.1, 0.15) is 37.0 Å². The van der Waals surface area contributed by atoms with E-state index in [1.54, 1.807) is 0 Å². The van der Waals surface area contributed by atoms with E-state index < -0.39 is 59.0 Å². The Morgan fingerprint density at radius 2 is 1.48 bits per heavy atom. The summed E-state index contributed by atoms with van der Waals surface area (Å²) < 4.78 is 113. The predicted octanol–water partition coefficient (Wildman–Crippen LogP) is 6.20. The lowest BCUT2D eigenvalue weighted by Crippen LogP contribution is -2.50. The van der Waals surface area contributed by atoms with Crippen molar-refractivity contribution in [1.82, 2.24) is 0 Å².